The van der Waals surface area contributed by atoms with Crippen LogP contribution in [0, 0.1) is 5.92 Å². The summed E-state index contributed by atoms with van der Waals surface area (Å²) in [7, 11) is 3.04. The zero-order valence-corrected chi connectivity index (χ0v) is 16.7. The zero-order valence-electron chi connectivity index (χ0n) is 16.7. The number of H-pyrrole nitrogens is 2. The van der Waals surface area contributed by atoms with E-state index in [1.165, 1.54) is 14.2 Å². The number of hydrogen-bond donors (Lipinski definition) is 3. The molecule has 3 N–H and O–H groups in total. The van der Waals surface area contributed by atoms with E-state index in [-0.39, 0.29) is 18.1 Å². The molecule has 3 rings (SSSR count). The van der Waals surface area contributed by atoms with Crippen molar-refractivity contribution in [2.24, 2.45) is 5.92 Å². The van der Waals surface area contributed by atoms with Gasteiger partial charge in [0, 0.05) is 23.6 Å². The summed E-state index contributed by atoms with van der Waals surface area (Å²) in [5.41, 5.74) is -0.0998. The van der Waals surface area contributed by atoms with E-state index in [0.29, 0.717) is 28.3 Å². The Labute approximate surface area is 162 Å². The lowest BCUT2D eigenvalue weighted by Crippen LogP contribution is -2.50. The Morgan fingerprint density at radius 1 is 1.21 bits per heavy atom. The molecule has 1 heterocycles. The maximum atomic E-state index is 13.0. The van der Waals surface area contributed by atoms with Crippen molar-refractivity contribution in [3.8, 4) is 11.5 Å². The molecular weight excluding hydrogens is 364 g/mol. The Kier molecular flexibility index (Phi) is 5.25. The maximum Gasteiger partial charge on any atom is 0.313 e. The highest BCUT2D eigenvalue weighted by Gasteiger charge is 2.51. The number of carbonyl (C=O) groups excluding carboxylic acids is 1. The topological polar surface area (TPSA) is 114 Å². The molecule has 152 valence electrons. The number of aromatic amines is 2. The average Bonchev–Trinajstić information content (AvgIpc) is 2.98. The third-order valence-electron chi connectivity index (χ3n) is 5.12. The molecule has 1 aromatic carbocycles. The highest BCUT2D eigenvalue weighted by Crippen LogP contribution is 2.46. The van der Waals surface area contributed by atoms with Crippen LogP contribution >= 0.6 is 0 Å². The van der Waals surface area contributed by atoms with Gasteiger partial charge < -0.3 is 24.4 Å². The summed E-state index contributed by atoms with van der Waals surface area (Å²) in [6.45, 7) is 5.08. The van der Waals surface area contributed by atoms with Crippen LogP contribution in [0.1, 0.15) is 43.5 Å². The Morgan fingerprint density at radius 3 is 2.50 bits per heavy atom. The number of esters is 1. The molecule has 0 unspecified atom stereocenters. The minimum atomic E-state index is -1.41. The van der Waals surface area contributed by atoms with Gasteiger partial charge in [-0.3, -0.25) is 14.7 Å². The van der Waals surface area contributed by atoms with Crippen molar-refractivity contribution >= 4 is 5.97 Å². The van der Waals surface area contributed by atoms with E-state index in [1.807, 2.05) is 0 Å². The number of carbonyl (C=O) groups is 1. The summed E-state index contributed by atoms with van der Waals surface area (Å²) in [5.74, 6) is -1.23. The van der Waals surface area contributed by atoms with E-state index in [1.54, 1.807) is 39.0 Å². The van der Waals surface area contributed by atoms with E-state index in [0.717, 1.165) is 0 Å². The molecule has 0 saturated heterocycles. The first kappa shape index (κ1) is 20.0. The number of methoxy groups -OCH3 is 2. The molecule has 28 heavy (non-hydrogen) atoms. The van der Waals surface area contributed by atoms with Gasteiger partial charge in [-0.15, -0.1) is 0 Å². The molecule has 0 bridgehead atoms. The number of rotatable bonds is 5. The Bertz CT molecular complexity index is 927. The monoisotopic (exact) mass is 390 g/mol. The molecule has 2 aromatic rings. The predicted molar refractivity (Wildman–Crippen MR) is 102 cm³/mol. The quantitative estimate of drug-likeness (QED) is 0.670. The van der Waals surface area contributed by atoms with Gasteiger partial charge in [-0.1, -0.05) is 6.07 Å². The molecular formula is C20H26N2O6. The SMILES string of the molecule is COc1ccc([C@@H]2c3c([nH][nH]c3=O)C[C@@](C)(O)[C@H]2C(=O)OC(C)C)cc1OC. The summed E-state index contributed by atoms with van der Waals surface area (Å²) in [6.07, 6.45) is -0.219. The third kappa shape index (κ3) is 3.40. The van der Waals surface area contributed by atoms with Crippen LogP contribution in [0.2, 0.25) is 0 Å². The number of fused-ring (bicyclic) bond motifs is 1. The number of nitrogens with one attached hydrogen (secondary N) is 2. The van der Waals surface area contributed by atoms with Crippen LogP contribution in [-0.2, 0) is 16.0 Å². The van der Waals surface area contributed by atoms with Gasteiger partial charge >= 0.3 is 5.97 Å². The van der Waals surface area contributed by atoms with Crippen LogP contribution in [0.4, 0.5) is 0 Å². The smallest absolute Gasteiger partial charge is 0.313 e. The largest absolute Gasteiger partial charge is 0.493 e. The second kappa shape index (κ2) is 7.35. The minimum Gasteiger partial charge on any atom is -0.493 e. The standard InChI is InChI=1S/C20H26N2O6/c1-10(2)28-19(24)17-15(11-6-7-13(26-4)14(8-11)27-5)16-12(9-20(17,3)25)21-22-18(16)23/h6-8,10,15,17,25H,9H2,1-5H3,(H2,21,22,23)/t15-,17-,20-/m1/s1. The first-order valence-electron chi connectivity index (χ1n) is 9.13. The van der Waals surface area contributed by atoms with Crippen LogP contribution in [0.3, 0.4) is 0 Å². The third-order valence-corrected chi connectivity index (χ3v) is 5.12. The number of aliphatic hydroxyl groups is 1. The molecule has 0 spiro atoms. The molecule has 3 atom stereocenters. The Balaban J connectivity index is 2.21. The Hall–Kier alpha value is -2.74. The number of benzene rings is 1. The molecule has 0 aliphatic heterocycles. The molecule has 1 aliphatic carbocycles. The fourth-order valence-corrected chi connectivity index (χ4v) is 3.97. The molecule has 8 nitrogen and oxygen atoms in total. The molecule has 0 radical (unpaired) electrons. The lowest BCUT2D eigenvalue weighted by molar-refractivity contribution is -0.163. The highest BCUT2D eigenvalue weighted by molar-refractivity contribution is 5.77. The first-order chi connectivity index (χ1) is 13.2. The predicted octanol–water partition coefficient (Wildman–Crippen LogP) is 1.73. The summed E-state index contributed by atoms with van der Waals surface area (Å²) < 4.78 is 16.1. The molecule has 0 amide bonds. The van der Waals surface area contributed by atoms with Crippen molar-refractivity contribution in [1.29, 1.82) is 0 Å². The fourth-order valence-electron chi connectivity index (χ4n) is 3.97. The first-order valence-corrected chi connectivity index (χ1v) is 9.13. The van der Waals surface area contributed by atoms with Crippen molar-refractivity contribution in [3.63, 3.8) is 0 Å². The van der Waals surface area contributed by atoms with Gasteiger partial charge in [0.1, 0.15) is 0 Å². The van der Waals surface area contributed by atoms with Gasteiger partial charge in [0.15, 0.2) is 11.5 Å². The van der Waals surface area contributed by atoms with Crippen LogP contribution in [0.15, 0.2) is 23.0 Å². The molecule has 1 aromatic heterocycles. The number of hydrogen-bond acceptors (Lipinski definition) is 6. The van der Waals surface area contributed by atoms with Crippen LogP contribution in [0.25, 0.3) is 0 Å². The van der Waals surface area contributed by atoms with Crippen LogP contribution < -0.4 is 15.0 Å². The normalized spacial score (nSPS) is 24.0. The molecule has 0 saturated carbocycles. The van der Waals surface area contributed by atoms with Gasteiger partial charge in [0.25, 0.3) is 5.56 Å². The second-order valence-corrected chi connectivity index (χ2v) is 7.56. The van der Waals surface area contributed by atoms with Crippen molar-refractivity contribution < 1.29 is 24.1 Å². The fraction of sp³-hybridized carbons (Fsp3) is 0.500. The minimum absolute atomic E-state index is 0.128. The average molecular weight is 390 g/mol. The van der Waals surface area contributed by atoms with E-state index < -0.39 is 23.4 Å². The second-order valence-electron chi connectivity index (χ2n) is 7.56. The maximum absolute atomic E-state index is 13.0. The van der Waals surface area contributed by atoms with Crippen molar-refractivity contribution in [1.82, 2.24) is 10.2 Å². The van der Waals surface area contributed by atoms with Gasteiger partial charge in [-0.2, -0.15) is 0 Å². The van der Waals surface area contributed by atoms with Crippen molar-refractivity contribution in [3.05, 3.63) is 45.4 Å². The van der Waals surface area contributed by atoms with E-state index >= 15 is 0 Å². The van der Waals surface area contributed by atoms with Crippen molar-refractivity contribution in [2.45, 2.75) is 44.8 Å². The summed E-state index contributed by atoms with van der Waals surface area (Å²) >= 11 is 0. The zero-order chi connectivity index (χ0) is 20.6. The molecule has 1 aliphatic rings. The Morgan fingerprint density at radius 2 is 1.89 bits per heavy atom. The highest BCUT2D eigenvalue weighted by atomic mass is 16.5. The molecule has 0 fully saturated rings. The van der Waals surface area contributed by atoms with E-state index in [4.69, 9.17) is 14.2 Å². The summed E-state index contributed by atoms with van der Waals surface area (Å²) in [5, 5.41) is 16.5. The van der Waals surface area contributed by atoms with Crippen LogP contribution in [-0.4, -0.2) is 47.2 Å². The molecule has 8 heteroatoms. The summed E-state index contributed by atoms with van der Waals surface area (Å²) in [6, 6.07) is 5.19. The summed E-state index contributed by atoms with van der Waals surface area (Å²) in [4.78, 5) is 25.5. The van der Waals surface area contributed by atoms with Gasteiger partial charge in [0.05, 0.1) is 31.8 Å². The van der Waals surface area contributed by atoms with Crippen molar-refractivity contribution in [2.75, 3.05) is 14.2 Å². The number of aromatic nitrogens is 2. The van der Waals surface area contributed by atoms with Gasteiger partial charge in [-0.05, 0) is 38.5 Å². The lowest BCUT2D eigenvalue weighted by atomic mass is 9.66. The number of ether oxygens (including phenoxy) is 3. The van der Waals surface area contributed by atoms with Gasteiger partial charge in [0.2, 0.25) is 0 Å². The lowest BCUT2D eigenvalue weighted by Gasteiger charge is -2.40. The van der Waals surface area contributed by atoms with E-state index in [2.05, 4.69) is 10.2 Å². The van der Waals surface area contributed by atoms with Crippen LogP contribution in [0.5, 0.6) is 11.5 Å². The van der Waals surface area contributed by atoms with Gasteiger partial charge in [-0.25, -0.2) is 0 Å². The van der Waals surface area contributed by atoms with E-state index in [9.17, 15) is 14.7 Å².